The van der Waals surface area contributed by atoms with Crippen molar-refractivity contribution in [3.63, 3.8) is 0 Å². The standard InChI is InChI=1S/C11H13ClO4/c1-6-3-7(12)4-8(10(6)16-2)9(5-13)11(14)15/h3-4,9,13H,5H2,1-2H3,(H,14,15). The predicted octanol–water partition coefficient (Wildman–Crippen LogP) is 1.82. The number of halogens is 1. The van der Waals surface area contributed by atoms with Gasteiger partial charge in [-0.2, -0.15) is 0 Å². The molecule has 1 unspecified atom stereocenters. The molecule has 1 rings (SSSR count). The summed E-state index contributed by atoms with van der Waals surface area (Å²) in [7, 11) is 1.45. The number of hydrogen-bond donors (Lipinski definition) is 2. The van der Waals surface area contributed by atoms with Crippen molar-refractivity contribution in [3.05, 3.63) is 28.3 Å². The van der Waals surface area contributed by atoms with Crippen molar-refractivity contribution in [2.45, 2.75) is 12.8 Å². The van der Waals surface area contributed by atoms with E-state index in [0.717, 1.165) is 5.56 Å². The molecule has 0 aromatic heterocycles. The van der Waals surface area contributed by atoms with Crippen molar-refractivity contribution < 1.29 is 19.7 Å². The normalized spacial score (nSPS) is 12.2. The van der Waals surface area contributed by atoms with Crippen LogP contribution in [0.25, 0.3) is 0 Å². The summed E-state index contributed by atoms with van der Waals surface area (Å²) in [5.41, 5.74) is 1.13. The molecule has 0 saturated carbocycles. The maximum Gasteiger partial charge on any atom is 0.313 e. The Morgan fingerprint density at radius 1 is 1.56 bits per heavy atom. The molecule has 0 aliphatic heterocycles. The van der Waals surface area contributed by atoms with E-state index in [1.807, 2.05) is 0 Å². The van der Waals surface area contributed by atoms with Gasteiger partial charge in [-0.1, -0.05) is 11.6 Å². The molecule has 16 heavy (non-hydrogen) atoms. The molecular formula is C11H13ClO4. The number of carboxylic acids is 1. The molecule has 2 N–H and O–H groups in total. The van der Waals surface area contributed by atoms with Crippen molar-refractivity contribution in [2.24, 2.45) is 0 Å². The van der Waals surface area contributed by atoms with Gasteiger partial charge < -0.3 is 14.9 Å². The fourth-order valence-electron chi connectivity index (χ4n) is 1.60. The first kappa shape index (κ1) is 12.8. The van der Waals surface area contributed by atoms with E-state index < -0.39 is 18.5 Å². The molecule has 0 aliphatic rings. The van der Waals surface area contributed by atoms with Crippen molar-refractivity contribution in [2.75, 3.05) is 13.7 Å². The summed E-state index contributed by atoms with van der Waals surface area (Å²) in [5.74, 6) is -1.68. The molecule has 88 valence electrons. The number of aryl methyl sites for hydroxylation is 1. The van der Waals surface area contributed by atoms with Gasteiger partial charge in [0.15, 0.2) is 0 Å². The molecule has 0 heterocycles. The summed E-state index contributed by atoms with van der Waals surface area (Å²) < 4.78 is 5.13. The predicted molar refractivity (Wildman–Crippen MR) is 60.2 cm³/mol. The fraction of sp³-hybridized carbons (Fsp3) is 0.364. The third-order valence-corrected chi connectivity index (χ3v) is 2.55. The maximum absolute atomic E-state index is 11.0. The van der Waals surface area contributed by atoms with Crippen molar-refractivity contribution in [3.8, 4) is 5.75 Å². The average Bonchev–Trinajstić information content (AvgIpc) is 2.17. The molecule has 1 aromatic carbocycles. The first-order valence-electron chi connectivity index (χ1n) is 4.69. The largest absolute Gasteiger partial charge is 0.496 e. The van der Waals surface area contributed by atoms with Crippen LogP contribution < -0.4 is 4.74 Å². The smallest absolute Gasteiger partial charge is 0.313 e. The lowest BCUT2D eigenvalue weighted by molar-refractivity contribution is -0.139. The molecule has 0 spiro atoms. The SMILES string of the molecule is COc1c(C)cc(Cl)cc1C(CO)C(=O)O. The number of benzene rings is 1. The summed E-state index contributed by atoms with van der Waals surface area (Å²) in [6.07, 6.45) is 0. The molecule has 0 fully saturated rings. The second-order valence-corrected chi connectivity index (χ2v) is 3.85. The molecule has 5 heteroatoms. The number of aliphatic hydroxyl groups excluding tert-OH is 1. The number of hydrogen-bond acceptors (Lipinski definition) is 3. The Balaban J connectivity index is 3.34. The molecular weight excluding hydrogens is 232 g/mol. The third-order valence-electron chi connectivity index (χ3n) is 2.33. The minimum absolute atomic E-state index is 0.391. The molecule has 0 bridgehead atoms. The zero-order valence-electron chi connectivity index (χ0n) is 9.03. The molecule has 0 radical (unpaired) electrons. The van der Waals surface area contributed by atoms with Crippen LogP contribution in [-0.2, 0) is 4.79 Å². The van der Waals surface area contributed by atoms with Crippen molar-refractivity contribution >= 4 is 17.6 Å². The lowest BCUT2D eigenvalue weighted by Crippen LogP contribution is -2.16. The second kappa shape index (κ2) is 5.18. The minimum atomic E-state index is -1.11. The molecule has 4 nitrogen and oxygen atoms in total. The lowest BCUT2D eigenvalue weighted by atomic mass is 9.97. The van der Waals surface area contributed by atoms with E-state index in [9.17, 15) is 4.79 Å². The van der Waals surface area contributed by atoms with Gasteiger partial charge in [-0.05, 0) is 24.6 Å². The summed E-state index contributed by atoms with van der Waals surface area (Å²) in [6, 6.07) is 3.18. The van der Waals surface area contributed by atoms with Crippen LogP contribution in [0.1, 0.15) is 17.0 Å². The Labute approximate surface area is 98.4 Å². The zero-order chi connectivity index (χ0) is 12.3. The number of methoxy groups -OCH3 is 1. The first-order chi connectivity index (χ1) is 7.51. The molecule has 0 aliphatic carbocycles. The number of rotatable bonds is 4. The van der Waals surface area contributed by atoms with Crippen LogP contribution in [0, 0.1) is 6.92 Å². The molecule has 1 aromatic rings. The number of carbonyl (C=O) groups is 1. The fourth-order valence-corrected chi connectivity index (χ4v) is 1.88. The monoisotopic (exact) mass is 244 g/mol. The Morgan fingerprint density at radius 2 is 2.19 bits per heavy atom. The highest BCUT2D eigenvalue weighted by Gasteiger charge is 2.24. The minimum Gasteiger partial charge on any atom is -0.496 e. The molecule has 1 atom stereocenters. The average molecular weight is 245 g/mol. The molecule has 0 saturated heterocycles. The van der Waals surface area contributed by atoms with Crippen molar-refractivity contribution in [1.29, 1.82) is 0 Å². The van der Waals surface area contributed by atoms with Gasteiger partial charge in [0.2, 0.25) is 0 Å². The van der Waals surface area contributed by atoms with Gasteiger partial charge in [-0.15, -0.1) is 0 Å². The van der Waals surface area contributed by atoms with E-state index in [-0.39, 0.29) is 0 Å². The Morgan fingerprint density at radius 3 is 2.62 bits per heavy atom. The summed E-state index contributed by atoms with van der Waals surface area (Å²) >= 11 is 5.85. The highest BCUT2D eigenvalue weighted by atomic mass is 35.5. The van der Waals surface area contributed by atoms with E-state index in [4.69, 9.17) is 26.6 Å². The number of aliphatic carboxylic acids is 1. The Kier molecular flexibility index (Phi) is 4.15. The van der Waals surface area contributed by atoms with Crippen LogP contribution in [-0.4, -0.2) is 29.9 Å². The molecule has 0 amide bonds. The van der Waals surface area contributed by atoms with Gasteiger partial charge in [0.05, 0.1) is 13.7 Å². The maximum atomic E-state index is 11.0. The van der Waals surface area contributed by atoms with E-state index in [2.05, 4.69) is 0 Å². The van der Waals surface area contributed by atoms with E-state index in [0.29, 0.717) is 16.3 Å². The van der Waals surface area contributed by atoms with E-state index in [1.54, 1.807) is 13.0 Å². The van der Waals surface area contributed by atoms with Gasteiger partial charge in [-0.3, -0.25) is 4.79 Å². The van der Waals surface area contributed by atoms with Gasteiger partial charge in [0.1, 0.15) is 11.7 Å². The number of ether oxygens (including phenoxy) is 1. The van der Waals surface area contributed by atoms with Crippen LogP contribution in [0.5, 0.6) is 5.75 Å². The van der Waals surface area contributed by atoms with Crippen molar-refractivity contribution in [1.82, 2.24) is 0 Å². The summed E-state index contributed by atoms with van der Waals surface area (Å²) in [4.78, 5) is 11.0. The van der Waals surface area contributed by atoms with E-state index in [1.165, 1.54) is 13.2 Å². The Bertz CT molecular complexity index is 403. The van der Waals surface area contributed by atoms with Crippen LogP contribution in [0.4, 0.5) is 0 Å². The number of carboxylic acid groups (broad SMARTS) is 1. The quantitative estimate of drug-likeness (QED) is 0.848. The van der Waals surface area contributed by atoms with Crippen LogP contribution in [0.3, 0.4) is 0 Å². The topological polar surface area (TPSA) is 66.8 Å². The van der Waals surface area contributed by atoms with Gasteiger partial charge >= 0.3 is 5.97 Å². The van der Waals surface area contributed by atoms with Crippen LogP contribution >= 0.6 is 11.6 Å². The highest BCUT2D eigenvalue weighted by molar-refractivity contribution is 6.30. The van der Waals surface area contributed by atoms with Crippen LogP contribution in [0.2, 0.25) is 5.02 Å². The van der Waals surface area contributed by atoms with Gasteiger partial charge in [-0.25, -0.2) is 0 Å². The Hall–Kier alpha value is -1.26. The van der Waals surface area contributed by atoms with Gasteiger partial charge in [0, 0.05) is 10.6 Å². The van der Waals surface area contributed by atoms with Gasteiger partial charge in [0.25, 0.3) is 0 Å². The zero-order valence-corrected chi connectivity index (χ0v) is 9.78. The number of aliphatic hydroxyl groups is 1. The third kappa shape index (κ3) is 2.46. The van der Waals surface area contributed by atoms with E-state index >= 15 is 0 Å². The highest BCUT2D eigenvalue weighted by Crippen LogP contribution is 2.33. The lowest BCUT2D eigenvalue weighted by Gasteiger charge is -2.16. The van der Waals surface area contributed by atoms with Crippen LogP contribution in [0.15, 0.2) is 12.1 Å². The summed E-state index contributed by atoms with van der Waals surface area (Å²) in [6.45, 7) is 1.27. The second-order valence-electron chi connectivity index (χ2n) is 3.42. The first-order valence-corrected chi connectivity index (χ1v) is 5.06. The summed E-state index contributed by atoms with van der Waals surface area (Å²) in [5, 5.41) is 18.5.